The lowest BCUT2D eigenvalue weighted by atomic mass is 9.97. The fourth-order valence-corrected chi connectivity index (χ4v) is 2.07. The highest BCUT2D eigenvalue weighted by Gasteiger charge is 2.12. The molecule has 18 heavy (non-hydrogen) atoms. The number of hydrazine groups is 1. The predicted molar refractivity (Wildman–Crippen MR) is 73.9 cm³/mol. The minimum Gasteiger partial charge on any atom is -0.271 e. The summed E-state index contributed by atoms with van der Waals surface area (Å²) in [6, 6.07) is 12.4. The van der Waals surface area contributed by atoms with E-state index in [0.29, 0.717) is 0 Å². The van der Waals surface area contributed by atoms with Crippen LogP contribution in [0.1, 0.15) is 28.4 Å². The summed E-state index contributed by atoms with van der Waals surface area (Å²) in [4.78, 5) is 4.36. The van der Waals surface area contributed by atoms with E-state index < -0.39 is 0 Å². The number of aryl methyl sites for hydroxylation is 2. The van der Waals surface area contributed by atoms with Crippen molar-refractivity contribution in [3.63, 3.8) is 0 Å². The maximum atomic E-state index is 5.65. The lowest BCUT2D eigenvalue weighted by molar-refractivity contribution is 0.537. The molecule has 1 aromatic carbocycles. The second-order valence-electron chi connectivity index (χ2n) is 4.61. The maximum absolute atomic E-state index is 5.65. The maximum Gasteiger partial charge on any atom is 0.0672 e. The van der Waals surface area contributed by atoms with Gasteiger partial charge in [0, 0.05) is 6.20 Å². The molecule has 0 bridgehead atoms. The van der Waals surface area contributed by atoms with Gasteiger partial charge in [-0.2, -0.15) is 0 Å². The molecule has 2 rings (SSSR count). The minimum atomic E-state index is 0.0479. The third kappa shape index (κ3) is 2.94. The molecule has 94 valence electrons. The molecule has 0 aliphatic heterocycles. The molecular weight excluding hydrogens is 222 g/mol. The highest BCUT2D eigenvalue weighted by molar-refractivity contribution is 5.31. The Hall–Kier alpha value is -1.71. The Morgan fingerprint density at radius 1 is 1.22 bits per heavy atom. The molecule has 1 unspecified atom stereocenters. The van der Waals surface area contributed by atoms with E-state index in [-0.39, 0.29) is 6.04 Å². The van der Waals surface area contributed by atoms with Crippen molar-refractivity contribution in [2.75, 3.05) is 0 Å². The van der Waals surface area contributed by atoms with Crippen molar-refractivity contribution < 1.29 is 0 Å². The molecule has 0 aliphatic rings. The predicted octanol–water partition coefficient (Wildman–Crippen LogP) is 2.45. The van der Waals surface area contributed by atoms with Gasteiger partial charge in [-0.15, -0.1) is 0 Å². The van der Waals surface area contributed by atoms with Gasteiger partial charge in [0.15, 0.2) is 0 Å². The van der Waals surface area contributed by atoms with Gasteiger partial charge in [0.25, 0.3) is 0 Å². The first-order valence-electron chi connectivity index (χ1n) is 6.14. The van der Waals surface area contributed by atoms with Crippen LogP contribution in [-0.4, -0.2) is 4.98 Å². The molecule has 0 saturated heterocycles. The van der Waals surface area contributed by atoms with Crippen LogP contribution in [0.25, 0.3) is 0 Å². The van der Waals surface area contributed by atoms with Gasteiger partial charge in [-0.1, -0.05) is 29.8 Å². The fraction of sp³-hybridized carbons (Fsp3) is 0.267. The van der Waals surface area contributed by atoms with Gasteiger partial charge in [0.2, 0.25) is 0 Å². The SMILES string of the molecule is Cc1ccc(C)c(CC(NN)c2ccccn2)c1. The summed E-state index contributed by atoms with van der Waals surface area (Å²) in [6.07, 6.45) is 2.64. The van der Waals surface area contributed by atoms with Crippen molar-refractivity contribution in [1.29, 1.82) is 0 Å². The summed E-state index contributed by atoms with van der Waals surface area (Å²) in [7, 11) is 0. The van der Waals surface area contributed by atoms with Crippen molar-refractivity contribution in [2.24, 2.45) is 5.84 Å². The molecule has 3 heteroatoms. The summed E-state index contributed by atoms with van der Waals surface area (Å²) in [5, 5.41) is 0. The Kier molecular flexibility index (Phi) is 4.07. The third-order valence-corrected chi connectivity index (χ3v) is 3.17. The number of nitrogens with zero attached hydrogens (tertiary/aromatic N) is 1. The second-order valence-corrected chi connectivity index (χ2v) is 4.61. The standard InChI is InChI=1S/C15H19N3/c1-11-6-7-12(2)13(9-11)10-15(18-16)14-5-3-4-8-17-14/h3-9,15,18H,10,16H2,1-2H3. The van der Waals surface area contributed by atoms with E-state index in [1.165, 1.54) is 16.7 Å². The van der Waals surface area contributed by atoms with Crippen molar-refractivity contribution >= 4 is 0 Å². The summed E-state index contributed by atoms with van der Waals surface area (Å²) in [5.41, 5.74) is 7.69. The molecule has 0 radical (unpaired) electrons. The Balaban J connectivity index is 2.23. The van der Waals surface area contributed by atoms with Crippen molar-refractivity contribution in [2.45, 2.75) is 26.3 Å². The minimum absolute atomic E-state index is 0.0479. The van der Waals surface area contributed by atoms with E-state index in [9.17, 15) is 0 Å². The van der Waals surface area contributed by atoms with E-state index in [1.54, 1.807) is 6.20 Å². The van der Waals surface area contributed by atoms with Crippen LogP contribution in [0, 0.1) is 13.8 Å². The number of benzene rings is 1. The molecule has 3 N–H and O–H groups in total. The zero-order valence-corrected chi connectivity index (χ0v) is 10.9. The first-order valence-corrected chi connectivity index (χ1v) is 6.14. The van der Waals surface area contributed by atoms with Crippen LogP contribution in [-0.2, 0) is 6.42 Å². The largest absolute Gasteiger partial charge is 0.271 e. The van der Waals surface area contributed by atoms with Crippen LogP contribution in [0.3, 0.4) is 0 Å². The average Bonchev–Trinajstić information content (AvgIpc) is 2.41. The van der Waals surface area contributed by atoms with E-state index >= 15 is 0 Å². The zero-order chi connectivity index (χ0) is 13.0. The normalized spacial score (nSPS) is 12.4. The Morgan fingerprint density at radius 3 is 2.72 bits per heavy atom. The zero-order valence-electron chi connectivity index (χ0n) is 10.9. The highest BCUT2D eigenvalue weighted by Crippen LogP contribution is 2.19. The van der Waals surface area contributed by atoms with Gasteiger partial charge >= 0.3 is 0 Å². The van der Waals surface area contributed by atoms with Crippen molar-refractivity contribution in [3.8, 4) is 0 Å². The summed E-state index contributed by atoms with van der Waals surface area (Å²) in [5.74, 6) is 5.65. The van der Waals surface area contributed by atoms with Gasteiger partial charge in [-0.25, -0.2) is 0 Å². The Bertz CT molecular complexity index is 508. The van der Waals surface area contributed by atoms with Crippen LogP contribution >= 0.6 is 0 Å². The molecular formula is C15H19N3. The van der Waals surface area contributed by atoms with Crippen LogP contribution in [0.2, 0.25) is 0 Å². The topological polar surface area (TPSA) is 50.9 Å². The van der Waals surface area contributed by atoms with Crippen molar-refractivity contribution in [1.82, 2.24) is 10.4 Å². The highest BCUT2D eigenvalue weighted by atomic mass is 15.2. The molecule has 3 nitrogen and oxygen atoms in total. The fourth-order valence-electron chi connectivity index (χ4n) is 2.07. The number of hydrogen-bond acceptors (Lipinski definition) is 3. The summed E-state index contributed by atoms with van der Waals surface area (Å²) in [6.45, 7) is 4.23. The molecule has 1 aromatic heterocycles. The first-order chi connectivity index (χ1) is 8.70. The molecule has 0 saturated carbocycles. The molecule has 1 atom stereocenters. The molecule has 0 amide bonds. The quantitative estimate of drug-likeness (QED) is 0.638. The average molecular weight is 241 g/mol. The molecule has 0 aliphatic carbocycles. The number of pyridine rings is 1. The number of hydrogen-bond donors (Lipinski definition) is 2. The summed E-state index contributed by atoms with van der Waals surface area (Å²) >= 11 is 0. The molecule has 2 aromatic rings. The van der Waals surface area contributed by atoms with Crippen LogP contribution in [0.15, 0.2) is 42.6 Å². The molecule has 1 heterocycles. The first kappa shape index (κ1) is 12.7. The van der Waals surface area contributed by atoms with Crippen LogP contribution in [0.4, 0.5) is 0 Å². The van der Waals surface area contributed by atoms with Gasteiger partial charge in [-0.05, 0) is 43.5 Å². The van der Waals surface area contributed by atoms with E-state index in [0.717, 1.165) is 12.1 Å². The lowest BCUT2D eigenvalue weighted by Gasteiger charge is -2.17. The molecule has 0 spiro atoms. The number of aromatic nitrogens is 1. The van der Waals surface area contributed by atoms with E-state index in [2.05, 4.69) is 42.5 Å². The number of nitrogens with one attached hydrogen (secondary N) is 1. The third-order valence-electron chi connectivity index (χ3n) is 3.17. The monoisotopic (exact) mass is 241 g/mol. The summed E-state index contributed by atoms with van der Waals surface area (Å²) < 4.78 is 0. The number of nitrogens with two attached hydrogens (primary N) is 1. The Morgan fingerprint density at radius 2 is 2.06 bits per heavy atom. The van der Waals surface area contributed by atoms with Crippen LogP contribution < -0.4 is 11.3 Å². The smallest absolute Gasteiger partial charge is 0.0672 e. The van der Waals surface area contributed by atoms with E-state index in [4.69, 9.17) is 5.84 Å². The van der Waals surface area contributed by atoms with Crippen LogP contribution in [0.5, 0.6) is 0 Å². The lowest BCUT2D eigenvalue weighted by Crippen LogP contribution is -2.30. The molecule has 0 fully saturated rings. The van der Waals surface area contributed by atoms with Gasteiger partial charge in [0.05, 0.1) is 11.7 Å². The Labute approximate surface area is 108 Å². The van der Waals surface area contributed by atoms with Gasteiger partial charge in [-0.3, -0.25) is 16.3 Å². The van der Waals surface area contributed by atoms with E-state index in [1.807, 2.05) is 18.2 Å². The van der Waals surface area contributed by atoms with Gasteiger partial charge < -0.3 is 0 Å². The number of rotatable bonds is 4. The second kappa shape index (κ2) is 5.76. The van der Waals surface area contributed by atoms with Gasteiger partial charge in [0.1, 0.15) is 0 Å². The van der Waals surface area contributed by atoms with Crippen molar-refractivity contribution in [3.05, 3.63) is 65.0 Å².